The molecule has 0 aromatic carbocycles. The summed E-state index contributed by atoms with van der Waals surface area (Å²) in [6.07, 6.45) is 0.391. The minimum absolute atomic E-state index is 0.391. The molecular weight excluding hydrogens is 166 g/mol. The van der Waals surface area contributed by atoms with Crippen molar-refractivity contribution in [2.45, 2.75) is 19.6 Å². The van der Waals surface area contributed by atoms with Gasteiger partial charge in [0.05, 0.1) is 18.4 Å². The topological polar surface area (TPSA) is 39.1 Å². The Balaban J connectivity index is 1.86. The number of ether oxygens (including phenoxy) is 1. The first-order valence-electron chi connectivity index (χ1n) is 4.57. The first-order chi connectivity index (χ1) is 6.25. The highest BCUT2D eigenvalue weighted by Gasteiger charge is 2.17. The molecule has 2 heterocycles. The zero-order valence-corrected chi connectivity index (χ0v) is 8.08. The second-order valence-corrected chi connectivity index (χ2v) is 3.49. The Morgan fingerprint density at radius 1 is 1.69 bits per heavy atom. The largest absolute Gasteiger partial charge is 0.369 e. The molecule has 1 saturated heterocycles. The van der Waals surface area contributed by atoms with Gasteiger partial charge < -0.3 is 10.1 Å². The van der Waals surface area contributed by atoms with Gasteiger partial charge in [-0.3, -0.25) is 4.68 Å². The van der Waals surface area contributed by atoms with Crippen LogP contribution in [0.1, 0.15) is 11.4 Å². The van der Waals surface area contributed by atoms with Gasteiger partial charge in [-0.15, -0.1) is 0 Å². The number of nitrogens with zero attached hydrogens (tertiary/aromatic N) is 2. The third kappa shape index (κ3) is 1.89. The van der Waals surface area contributed by atoms with Gasteiger partial charge in [0.25, 0.3) is 0 Å². The van der Waals surface area contributed by atoms with E-state index in [1.165, 1.54) is 5.69 Å². The van der Waals surface area contributed by atoms with Gasteiger partial charge in [0, 0.05) is 25.8 Å². The summed E-state index contributed by atoms with van der Waals surface area (Å²) in [5, 5.41) is 7.48. The van der Waals surface area contributed by atoms with Gasteiger partial charge in [0.1, 0.15) is 0 Å². The maximum atomic E-state index is 5.59. The summed E-state index contributed by atoms with van der Waals surface area (Å²) in [6.45, 7) is 4.63. The van der Waals surface area contributed by atoms with Gasteiger partial charge in [-0.05, 0) is 13.0 Å². The van der Waals surface area contributed by atoms with E-state index in [1.807, 2.05) is 18.7 Å². The second-order valence-electron chi connectivity index (χ2n) is 3.49. The molecule has 4 heteroatoms. The van der Waals surface area contributed by atoms with E-state index >= 15 is 0 Å². The monoisotopic (exact) mass is 181 g/mol. The molecule has 1 aliphatic heterocycles. The molecule has 0 amide bonds. The standard InChI is InChI=1S/C9H15N3O/c1-7-3-8(11-12(7)2)6-13-9-4-10-5-9/h3,9-10H,4-6H2,1-2H3. The lowest BCUT2D eigenvalue weighted by Gasteiger charge is -2.26. The minimum Gasteiger partial charge on any atom is -0.369 e. The summed E-state index contributed by atoms with van der Waals surface area (Å²) < 4.78 is 7.47. The normalized spacial score (nSPS) is 17.4. The molecule has 0 aliphatic carbocycles. The summed E-state index contributed by atoms with van der Waals surface area (Å²) in [6, 6.07) is 2.06. The predicted molar refractivity (Wildman–Crippen MR) is 49.4 cm³/mol. The molecule has 0 saturated carbocycles. The van der Waals surface area contributed by atoms with Gasteiger partial charge in [0.2, 0.25) is 0 Å². The van der Waals surface area contributed by atoms with Crippen molar-refractivity contribution in [2.75, 3.05) is 13.1 Å². The van der Waals surface area contributed by atoms with E-state index in [0.29, 0.717) is 12.7 Å². The Kier molecular flexibility index (Phi) is 2.33. The lowest BCUT2D eigenvalue weighted by Crippen LogP contribution is -2.48. The van der Waals surface area contributed by atoms with Crippen LogP contribution in [0, 0.1) is 6.92 Å². The van der Waals surface area contributed by atoms with E-state index in [2.05, 4.69) is 16.5 Å². The van der Waals surface area contributed by atoms with Gasteiger partial charge in [-0.2, -0.15) is 5.10 Å². The van der Waals surface area contributed by atoms with Crippen molar-refractivity contribution in [3.8, 4) is 0 Å². The van der Waals surface area contributed by atoms with Crippen LogP contribution in [0.2, 0.25) is 0 Å². The number of rotatable bonds is 3. The Bertz CT molecular complexity index is 272. The van der Waals surface area contributed by atoms with Crippen molar-refractivity contribution in [3.05, 3.63) is 17.5 Å². The molecule has 0 spiro atoms. The second kappa shape index (κ2) is 3.47. The van der Waals surface area contributed by atoms with E-state index in [0.717, 1.165) is 18.8 Å². The van der Waals surface area contributed by atoms with Crippen LogP contribution in [-0.2, 0) is 18.4 Å². The number of aryl methyl sites for hydroxylation is 2. The third-order valence-corrected chi connectivity index (χ3v) is 2.38. The molecule has 1 aromatic rings. The first kappa shape index (κ1) is 8.72. The van der Waals surface area contributed by atoms with Gasteiger partial charge in [-0.1, -0.05) is 0 Å². The molecule has 1 aliphatic rings. The van der Waals surface area contributed by atoms with Crippen LogP contribution in [0.5, 0.6) is 0 Å². The molecule has 72 valence electrons. The fraction of sp³-hybridized carbons (Fsp3) is 0.667. The highest BCUT2D eigenvalue weighted by atomic mass is 16.5. The Labute approximate surface area is 77.9 Å². The van der Waals surface area contributed by atoms with Crippen LogP contribution in [0.25, 0.3) is 0 Å². The summed E-state index contributed by atoms with van der Waals surface area (Å²) in [5.74, 6) is 0. The molecular formula is C9H15N3O. The molecule has 0 radical (unpaired) electrons. The Hall–Kier alpha value is -0.870. The van der Waals surface area contributed by atoms with Crippen LogP contribution in [-0.4, -0.2) is 29.0 Å². The number of aromatic nitrogens is 2. The predicted octanol–water partition coefficient (Wildman–Crippen LogP) is 0.217. The first-order valence-corrected chi connectivity index (χ1v) is 4.57. The summed E-state index contributed by atoms with van der Waals surface area (Å²) in [5.41, 5.74) is 2.19. The number of hydrogen-bond donors (Lipinski definition) is 1. The van der Waals surface area contributed by atoms with Crippen molar-refractivity contribution < 1.29 is 4.74 Å². The molecule has 1 fully saturated rings. The summed E-state index contributed by atoms with van der Waals surface area (Å²) >= 11 is 0. The van der Waals surface area contributed by atoms with Crippen molar-refractivity contribution >= 4 is 0 Å². The van der Waals surface area contributed by atoms with E-state index in [-0.39, 0.29) is 0 Å². The molecule has 4 nitrogen and oxygen atoms in total. The minimum atomic E-state index is 0.391. The third-order valence-electron chi connectivity index (χ3n) is 2.38. The van der Waals surface area contributed by atoms with Crippen LogP contribution in [0.3, 0.4) is 0 Å². The molecule has 0 atom stereocenters. The van der Waals surface area contributed by atoms with Crippen LogP contribution in [0.15, 0.2) is 6.07 Å². The fourth-order valence-electron chi connectivity index (χ4n) is 1.29. The maximum absolute atomic E-state index is 5.59. The molecule has 0 bridgehead atoms. The van der Waals surface area contributed by atoms with Crippen molar-refractivity contribution in [1.29, 1.82) is 0 Å². The van der Waals surface area contributed by atoms with Crippen LogP contribution >= 0.6 is 0 Å². The van der Waals surface area contributed by atoms with Crippen molar-refractivity contribution in [3.63, 3.8) is 0 Å². The molecule has 0 unspecified atom stereocenters. The number of nitrogens with one attached hydrogen (secondary N) is 1. The van der Waals surface area contributed by atoms with E-state index in [4.69, 9.17) is 4.74 Å². The smallest absolute Gasteiger partial charge is 0.0911 e. The lowest BCUT2D eigenvalue weighted by atomic mass is 10.2. The molecule has 1 N–H and O–H groups in total. The van der Waals surface area contributed by atoms with Gasteiger partial charge >= 0.3 is 0 Å². The van der Waals surface area contributed by atoms with Crippen LogP contribution in [0.4, 0.5) is 0 Å². The summed E-state index contributed by atoms with van der Waals surface area (Å²) in [7, 11) is 1.95. The molecule has 2 rings (SSSR count). The van der Waals surface area contributed by atoms with E-state index < -0.39 is 0 Å². The fourth-order valence-corrected chi connectivity index (χ4v) is 1.29. The maximum Gasteiger partial charge on any atom is 0.0911 e. The van der Waals surface area contributed by atoms with Crippen LogP contribution < -0.4 is 5.32 Å². The van der Waals surface area contributed by atoms with E-state index in [1.54, 1.807) is 0 Å². The quantitative estimate of drug-likeness (QED) is 0.725. The van der Waals surface area contributed by atoms with Crippen molar-refractivity contribution in [1.82, 2.24) is 15.1 Å². The zero-order chi connectivity index (χ0) is 9.26. The average Bonchev–Trinajstić information content (AvgIpc) is 2.28. The van der Waals surface area contributed by atoms with Gasteiger partial charge in [-0.25, -0.2) is 0 Å². The number of hydrogen-bond acceptors (Lipinski definition) is 3. The van der Waals surface area contributed by atoms with Gasteiger partial charge in [0.15, 0.2) is 0 Å². The highest BCUT2D eigenvalue weighted by molar-refractivity contribution is 5.07. The molecule has 13 heavy (non-hydrogen) atoms. The zero-order valence-electron chi connectivity index (χ0n) is 8.08. The summed E-state index contributed by atoms with van der Waals surface area (Å²) in [4.78, 5) is 0. The van der Waals surface area contributed by atoms with Crippen molar-refractivity contribution in [2.24, 2.45) is 7.05 Å². The average molecular weight is 181 g/mol. The van der Waals surface area contributed by atoms with E-state index in [9.17, 15) is 0 Å². The lowest BCUT2D eigenvalue weighted by molar-refractivity contribution is 0.00588. The SMILES string of the molecule is Cc1cc(COC2CNC2)nn1C. The molecule has 1 aromatic heterocycles. The Morgan fingerprint density at radius 3 is 2.92 bits per heavy atom. The Morgan fingerprint density at radius 2 is 2.46 bits per heavy atom. The highest BCUT2D eigenvalue weighted by Crippen LogP contribution is 2.06.